The van der Waals surface area contributed by atoms with Crippen LogP contribution < -0.4 is 10.2 Å². The summed E-state index contributed by atoms with van der Waals surface area (Å²) in [6.45, 7) is 2.59. The van der Waals surface area contributed by atoms with Crippen molar-refractivity contribution in [3.8, 4) is 0 Å². The molecule has 0 aliphatic carbocycles. The Morgan fingerprint density at radius 1 is 1.18 bits per heavy atom. The molecule has 0 fully saturated rings. The summed E-state index contributed by atoms with van der Waals surface area (Å²) >= 11 is 9.16. The number of rotatable bonds is 3. The summed E-state index contributed by atoms with van der Waals surface area (Å²) in [5.41, 5.74) is 3.10. The number of aryl methyl sites for hydroxylation is 2. The van der Waals surface area contributed by atoms with Crippen LogP contribution in [0.2, 0.25) is 4.34 Å². The van der Waals surface area contributed by atoms with Gasteiger partial charge in [-0.2, -0.15) is 0 Å². The maximum atomic E-state index is 13.3. The van der Waals surface area contributed by atoms with Gasteiger partial charge in [0.1, 0.15) is 0 Å². The van der Waals surface area contributed by atoms with E-state index in [1.165, 1.54) is 16.2 Å². The van der Waals surface area contributed by atoms with E-state index in [0.717, 1.165) is 30.5 Å². The van der Waals surface area contributed by atoms with E-state index < -0.39 is 0 Å². The molecule has 28 heavy (non-hydrogen) atoms. The van der Waals surface area contributed by atoms with Crippen LogP contribution in [0.1, 0.15) is 43.3 Å². The second kappa shape index (κ2) is 8.07. The minimum atomic E-state index is -0.140. The zero-order valence-corrected chi connectivity index (χ0v) is 17.7. The standard InChI is InChI=1S/C21H19ClN2O2S2/c1-13-11-14(23-20(25)18-6-4-10-27-18)7-8-15(13)21(26)24-9-3-2-5-17-16(24)12-19(22)28-17/h4,6-8,10-12H,2-3,5,9H2,1H3,(H,23,25). The Morgan fingerprint density at radius 3 is 2.79 bits per heavy atom. The van der Waals surface area contributed by atoms with Gasteiger partial charge in [0.05, 0.1) is 14.9 Å². The van der Waals surface area contributed by atoms with E-state index in [2.05, 4.69) is 5.32 Å². The highest BCUT2D eigenvalue weighted by Crippen LogP contribution is 2.37. The van der Waals surface area contributed by atoms with Gasteiger partial charge in [0.15, 0.2) is 0 Å². The molecule has 2 aromatic heterocycles. The summed E-state index contributed by atoms with van der Waals surface area (Å²) in [7, 11) is 0. The zero-order valence-electron chi connectivity index (χ0n) is 15.3. The maximum Gasteiger partial charge on any atom is 0.265 e. The third-order valence-corrected chi connectivity index (χ3v) is 6.97. The van der Waals surface area contributed by atoms with Gasteiger partial charge in [0.25, 0.3) is 11.8 Å². The molecule has 0 saturated heterocycles. The Bertz CT molecular complexity index is 1030. The number of hydrogen-bond donors (Lipinski definition) is 1. The summed E-state index contributed by atoms with van der Waals surface area (Å²) < 4.78 is 0.716. The predicted octanol–water partition coefficient (Wildman–Crippen LogP) is 6.01. The highest BCUT2D eigenvalue weighted by molar-refractivity contribution is 7.16. The average molecular weight is 431 g/mol. The van der Waals surface area contributed by atoms with Gasteiger partial charge in [-0.1, -0.05) is 17.7 Å². The van der Waals surface area contributed by atoms with Crippen molar-refractivity contribution in [1.82, 2.24) is 0 Å². The number of thiophene rings is 2. The average Bonchev–Trinajstić information content (AvgIpc) is 3.28. The quantitative estimate of drug-likeness (QED) is 0.553. The minimum Gasteiger partial charge on any atom is -0.321 e. The molecular weight excluding hydrogens is 412 g/mol. The van der Waals surface area contributed by atoms with Crippen molar-refractivity contribution in [1.29, 1.82) is 0 Å². The van der Waals surface area contributed by atoms with Crippen molar-refractivity contribution in [2.75, 3.05) is 16.8 Å². The van der Waals surface area contributed by atoms with E-state index in [4.69, 9.17) is 11.6 Å². The summed E-state index contributed by atoms with van der Waals surface area (Å²) in [6.07, 6.45) is 2.99. The third-order valence-electron chi connectivity index (χ3n) is 4.79. The monoisotopic (exact) mass is 430 g/mol. The summed E-state index contributed by atoms with van der Waals surface area (Å²) in [5.74, 6) is -0.162. The van der Waals surface area contributed by atoms with Crippen LogP contribution in [0.15, 0.2) is 41.8 Å². The lowest BCUT2D eigenvalue weighted by Gasteiger charge is -2.22. The Balaban J connectivity index is 1.57. The molecule has 1 N–H and O–H groups in total. The zero-order chi connectivity index (χ0) is 19.7. The second-order valence-electron chi connectivity index (χ2n) is 6.73. The van der Waals surface area contributed by atoms with Gasteiger partial charge >= 0.3 is 0 Å². The van der Waals surface area contributed by atoms with Crippen molar-refractivity contribution in [2.24, 2.45) is 0 Å². The summed E-state index contributed by atoms with van der Waals surface area (Å²) in [5, 5.41) is 4.76. The van der Waals surface area contributed by atoms with E-state index in [0.29, 0.717) is 27.0 Å². The van der Waals surface area contributed by atoms with Gasteiger partial charge in [-0.3, -0.25) is 9.59 Å². The van der Waals surface area contributed by atoms with Crippen LogP contribution in [-0.4, -0.2) is 18.4 Å². The lowest BCUT2D eigenvalue weighted by molar-refractivity contribution is 0.0985. The molecule has 0 spiro atoms. The fourth-order valence-corrected chi connectivity index (χ4v) is 5.34. The molecule has 1 aliphatic heterocycles. The molecule has 4 nitrogen and oxygen atoms in total. The maximum absolute atomic E-state index is 13.3. The highest BCUT2D eigenvalue weighted by Gasteiger charge is 2.25. The van der Waals surface area contributed by atoms with Gasteiger partial charge in [0, 0.05) is 22.7 Å². The SMILES string of the molecule is Cc1cc(NC(=O)c2cccs2)ccc1C(=O)N1CCCCc2sc(Cl)cc21. The van der Waals surface area contributed by atoms with E-state index in [1.807, 2.05) is 35.4 Å². The number of nitrogens with one attached hydrogen (secondary N) is 1. The molecule has 0 atom stereocenters. The van der Waals surface area contributed by atoms with Crippen LogP contribution in [-0.2, 0) is 6.42 Å². The molecule has 1 aromatic carbocycles. The molecular formula is C21H19ClN2O2S2. The minimum absolute atomic E-state index is 0.0220. The van der Waals surface area contributed by atoms with Crippen LogP contribution in [0.4, 0.5) is 11.4 Å². The first-order valence-corrected chi connectivity index (χ1v) is 11.2. The molecule has 2 amide bonds. The molecule has 3 heterocycles. The van der Waals surface area contributed by atoms with Gasteiger partial charge in [-0.25, -0.2) is 0 Å². The fraction of sp³-hybridized carbons (Fsp3) is 0.238. The lowest BCUT2D eigenvalue weighted by atomic mass is 10.1. The van der Waals surface area contributed by atoms with E-state index >= 15 is 0 Å². The number of halogens is 1. The van der Waals surface area contributed by atoms with E-state index in [-0.39, 0.29) is 11.8 Å². The number of carbonyl (C=O) groups is 2. The molecule has 3 aromatic rings. The number of hydrogen-bond acceptors (Lipinski definition) is 4. The Hall–Kier alpha value is -2.15. The van der Waals surface area contributed by atoms with Gasteiger partial charge in [0.2, 0.25) is 0 Å². The van der Waals surface area contributed by atoms with Gasteiger partial charge in [-0.15, -0.1) is 22.7 Å². The van der Waals surface area contributed by atoms with Crippen LogP contribution in [0.3, 0.4) is 0 Å². The summed E-state index contributed by atoms with van der Waals surface area (Å²) in [6, 6.07) is 10.9. The van der Waals surface area contributed by atoms with Gasteiger partial charge < -0.3 is 10.2 Å². The topological polar surface area (TPSA) is 49.4 Å². The highest BCUT2D eigenvalue weighted by atomic mass is 35.5. The second-order valence-corrected chi connectivity index (χ2v) is 9.45. The molecule has 1 aliphatic rings. The first-order valence-electron chi connectivity index (χ1n) is 9.08. The van der Waals surface area contributed by atoms with Crippen LogP contribution >= 0.6 is 34.3 Å². The predicted molar refractivity (Wildman–Crippen MR) is 117 cm³/mol. The lowest BCUT2D eigenvalue weighted by Crippen LogP contribution is -2.32. The number of nitrogens with zero attached hydrogens (tertiary/aromatic N) is 1. The molecule has 7 heteroatoms. The molecule has 0 saturated carbocycles. The summed E-state index contributed by atoms with van der Waals surface area (Å²) in [4.78, 5) is 29.2. The molecule has 4 rings (SSSR count). The Morgan fingerprint density at radius 2 is 2.04 bits per heavy atom. The number of benzene rings is 1. The third kappa shape index (κ3) is 3.85. The first-order chi connectivity index (χ1) is 13.5. The molecule has 0 unspecified atom stereocenters. The van der Waals surface area contributed by atoms with Crippen molar-refractivity contribution >= 4 is 57.5 Å². The smallest absolute Gasteiger partial charge is 0.265 e. The van der Waals surface area contributed by atoms with Crippen molar-refractivity contribution < 1.29 is 9.59 Å². The number of fused-ring (bicyclic) bond motifs is 1. The van der Waals surface area contributed by atoms with Crippen molar-refractivity contribution in [3.63, 3.8) is 0 Å². The normalized spacial score (nSPS) is 13.7. The van der Waals surface area contributed by atoms with E-state index in [9.17, 15) is 9.59 Å². The van der Waals surface area contributed by atoms with Crippen LogP contribution in [0.25, 0.3) is 0 Å². The van der Waals surface area contributed by atoms with E-state index in [1.54, 1.807) is 29.5 Å². The number of carbonyl (C=O) groups excluding carboxylic acids is 2. The van der Waals surface area contributed by atoms with Crippen molar-refractivity contribution in [3.05, 3.63) is 67.0 Å². The largest absolute Gasteiger partial charge is 0.321 e. The van der Waals surface area contributed by atoms with Gasteiger partial charge in [-0.05, 0) is 67.5 Å². The van der Waals surface area contributed by atoms with Crippen molar-refractivity contribution in [2.45, 2.75) is 26.2 Å². The molecule has 144 valence electrons. The van der Waals surface area contributed by atoms with Crippen LogP contribution in [0, 0.1) is 6.92 Å². The van der Waals surface area contributed by atoms with Crippen LogP contribution in [0.5, 0.6) is 0 Å². The first kappa shape index (κ1) is 19.2. The Labute approximate surface area is 176 Å². The molecule has 0 radical (unpaired) electrons. The number of amides is 2. The Kier molecular flexibility index (Phi) is 5.53. The fourth-order valence-electron chi connectivity index (χ4n) is 3.41. The molecule has 0 bridgehead atoms. The number of anilines is 2.